The van der Waals surface area contributed by atoms with Gasteiger partial charge >= 0.3 is 0 Å². The number of aryl methyl sites for hydroxylation is 2. The van der Waals surface area contributed by atoms with E-state index in [1.165, 1.54) is 42.5 Å². The molecular formula is C25H23ClF2. The number of halogens is 3. The van der Waals surface area contributed by atoms with Crippen LogP contribution < -0.4 is 0 Å². The molecule has 3 heteroatoms. The second-order valence-corrected chi connectivity index (χ2v) is 7.94. The van der Waals surface area contributed by atoms with Crippen LogP contribution in [0.5, 0.6) is 0 Å². The molecule has 0 spiro atoms. The van der Waals surface area contributed by atoms with Crippen molar-refractivity contribution in [2.45, 2.75) is 45.4 Å². The molecule has 0 aromatic heterocycles. The molecule has 1 aliphatic carbocycles. The SMILES string of the molecule is CCCCCc1ccc2c(c1)CCc1c-2ccc(-c2ccc(Cl)c(F)c2)c1F. The van der Waals surface area contributed by atoms with Crippen molar-refractivity contribution in [3.63, 3.8) is 0 Å². The highest BCUT2D eigenvalue weighted by atomic mass is 35.5. The number of fused-ring (bicyclic) bond motifs is 3. The summed E-state index contributed by atoms with van der Waals surface area (Å²) < 4.78 is 29.1. The molecular weight excluding hydrogens is 374 g/mol. The zero-order valence-corrected chi connectivity index (χ0v) is 16.8. The lowest BCUT2D eigenvalue weighted by molar-refractivity contribution is 0.610. The summed E-state index contributed by atoms with van der Waals surface area (Å²) in [6.07, 6.45) is 6.28. The van der Waals surface area contributed by atoms with Gasteiger partial charge in [-0.3, -0.25) is 0 Å². The fourth-order valence-electron chi connectivity index (χ4n) is 4.12. The summed E-state index contributed by atoms with van der Waals surface area (Å²) in [6, 6.07) is 14.7. The molecule has 3 aromatic rings. The van der Waals surface area contributed by atoms with E-state index in [1.807, 2.05) is 6.07 Å². The number of rotatable bonds is 5. The molecule has 0 radical (unpaired) electrons. The fraction of sp³-hybridized carbons (Fsp3) is 0.280. The van der Waals surface area contributed by atoms with Crippen LogP contribution in [0, 0.1) is 11.6 Å². The van der Waals surface area contributed by atoms with Gasteiger partial charge in [-0.05, 0) is 71.2 Å². The molecule has 0 nitrogen and oxygen atoms in total. The molecule has 1 aliphatic rings. The maximum absolute atomic E-state index is 15.3. The minimum atomic E-state index is -0.530. The van der Waals surface area contributed by atoms with Gasteiger partial charge in [-0.25, -0.2) is 8.78 Å². The lowest BCUT2D eigenvalue weighted by atomic mass is 9.82. The van der Waals surface area contributed by atoms with Crippen LogP contribution in [0.3, 0.4) is 0 Å². The standard InChI is InChI=1S/C25H23ClF2/c1-2-3-4-5-16-6-9-19-17(14-16)7-10-22-21(19)12-11-20(25(22)28)18-8-13-23(26)24(27)15-18/h6,8-9,11-15H,2-5,7,10H2,1H3. The highest BCUT2D eigenvalue weighted by Crippen LogP contribution is 2.39. The molecule has 0 N–H and O–H groups in total. The van der Waals surface area contributed by atoms with Gasteiger partial charge in [-0.1, -0.05) is 67.8 Å². The van der Waals surface area contributed by atoms with Gasteiger partial charge in [-0.2, -0.15) is 0 Å². The largest absolute Gasteiger partial charge is 0.206 e. The van der Waals surface area contributed by atoms with Crippen molar-refractivity contribution in [3.05, 3.63) is 81.9 Å². The molecule has 4 rings (SSSR count). The van der Waals surface area contributed by atoms with E-state index in [1.54, 1.807) is 12.1 Å². The Morgan fingerprint density at radius 2 is 1.64 bits per heavy atom. The van der Waals surface area contributed by atoms with Gasteiger partial charge in [0.2, 0.25) is 0 Å². The first-order chi connectivity index (χ1) is 13.6. The van der Waals surface area contributed by atoms with Gasteiger partial charge in [0, 0.05) is 5.56 Å². The highest BCUT2D eigenvalue weighted by molar-refractivity contribution is 6.30. The van der Waals surface area contributed by atoms with Crippen LogP contribution in [0.1, 0.15) is 42.9 Å². The van der Waals surface area contributed by atoms with Crippen molar-refractivity contribution in [2.75, 3.05) is 0 Å². The third-order valence-corrected chi connectivity index (χ3v) is 5.95. The quantitative estimate of drug-likeness (QED) is 0.386. The van der Waals surface area contributed by atoms with E-state index in [0.29, 0.717) is 17.5 Å². The summed E-state index contributed by atoms with van der Waals surface area (Å²) in [5.41, 5.74) is 6.40. The Kier molecular flexibility index (Phi) is 5.50. The van der Waals surface area contributed by atoms with Gasteiger partial charge in [0.15, 0.2) is 0 Å². The Bertz CT molecular complexity index is 1020. The van der Waals surface area contributed by atoms with Crippen LogP contribution in [0.2, 0.25) is 5.02 Å². The predicted octanol–water partition coefficient (Wildman–Crippen LogP) is 7.78. The number of hydrogen-bond donors (Lipinski definition) is 0. The zero-order valence-electron chi connectivity index (χ0n) is 16.0. The molecule has 144 valence electrons. The van der Waals surface area contributed by atoms with Crippen LogP contribution in [-0.2, 0) is 19.3 Å². The first kappa shape index (κ1) is 19.1. The van der Waals surface area contributed by atoms with E-state index < -0.39 is 5.82 Å². The third kappa shape index (κ3) is 3.58. The van der Waals surface area contributed by atoms with Crippen LogP contribution in [0.15, 0.2) is 48.5 Å². The number of unbranched alkanes of at least 4 members (excludes halogenated alkanes) is 2. The van der Waals surface area contributed by atoms with E-state index in [0.717, 1.165) is 29.5 Å². The lowest BCUT2D eigenvalue weighted by Crippen LogP contribution is -2.08. The Hall–Kier alpha value is -2.19. The summed E-state index contributed by atoms with van der Waals surface area (Å²) in [5.74, 6) is -0.783. The zero-order chi connectivity index (χ0) is 19.7. The van der Waals surface area contributed by atoms with Gasteiger partial charge in [0.1, 0.15) is 11.6 Å². The monoisotopic (exact) mass is 396 g/mol. The molecule has 0 atom stereocenters. The van der Waals surface area contributed by atoms with Gasteiger partial charge in [-0.15, -0.1) is 0 Å². The van der Waals surface area contributed by atoms with Crippen LogP contribution in [-0.4, -0.2) is 0 Å². The van der Waals surface area contributed by atoms with Crippen molar-refractivity contribution in [1.82, 2.24) is 0 Å². The minimum absolute atomic E-state index is 0.0470. The summed E-state index contributed by atoms with van der Waals surface area (Å²) in [6.45, 7) is 2.21. The topological polar surface area (TPSA) is 0 Å². The molecule has 0 heterocycles. The normalized spacial score (nSPS) is 12.6. The molecule has 0 amide bonds. The average Bonchev–Trinajstić information content (AvgIpc) is 2.70. The van der Waals surface area contributed by atoms with Crippen molar-refractivity contribution < 1.29 is 8.78 Å². The van der Waals surface area contributed by atoms with Gasteiger partial charge < -0.3 is 0 Å². The maximum Gasteiger partial charge on any atom is 0.142 e. The van der Waals surface area contributed by atoms with Crippen molar-refractivity contribution in [1.29, 1.82) is 0 Å². The average molecular weight is 397 g/mol. The summed E-state index contributed by atoms with van der Waals surface area (Å²) >= 11 is 5.76. The first-order valence-electron chi connectivity index (χ1n) is 9.97. The number of benzene rings is 3. The van der Waals surface area contributed by atoms with Gasteiger partial charge in [0.25, 0.3) is 0 Å². The molecule has 0 aliphatic heterocycles. The minimum Gasteiger partial charge on any atom is -0.206 e. The smallest absolute Gasteiger partial charge is 0.142 e. The fourth-order valence-corrected chi connectivity index (χ4v) is 4.23. The van der Waals surface area contributed by atoms with E-state index in [9.17, 15) is 4.39 Å². The Labute approximate surface area is 170 Å². The third-order valence-electron chi connectivity index (χ3n) is 5.65. The van der Waals surface area contributed by atoms with Crippen LogP contribution >= 0.6 is 11.6 Å². The Morgan fingerprint density at radius 3 is 2.43 bits per heavy atom. The van der Waals surface area contributed by atoms with Crippen molar-refractivity contribution >= 4 is 11.6 Å². The molecule has 3 aromatic carbocycles. The molecule has 0 saturated carbocycles. The molecule has 28 heavy (non-hydrogen) atoms. The molecule has 0 bridgehead atoms. The second-order valence-electron chi connectivity index (χ2n) is 7.53. The van der Waals surface area contributed by atoms with E-state index >= 15 is 4.39 Å². The maximum atomic E-state index is 15.3. The number of hydrogen-bond acceptors (Lipinski definition) is 0. The van der Waals surface area contributed by atoms with E-state index in [4.69, 9.17) is 11.6 Å². The van der Waals surface area contributed by atoms with E-state index in [-0.39, 0.29) is 10.8 Å². The van der Waals surface area contributed by atoms with Gasteiger partial charge in [0.05, 0.1) is 5.02 Å². The Balaban J connectivity index is 1.70. The van der Waals surface area contributed by atoms with Crippen LogP contribution in [0.25, 0.3) is 22.3 Å². The molecule has 0 fully saturated rings. The summed E-state index contributed by atoms with van der Waals surface area (Å²) in [7, 11) is 0. The van der Waals surface area contributed by atoms with Crippen molar-refractivity contribution in [3.8, 4) is 22.3 Å². The predicted molar refractivity (Wildman–Crippen MR) is 113 cm³/mol. The lowest BCUT2D eigenvalue weighted by Gasteiger charge is -2.22. The first-order valence-corrected chi connectivity index (χ1v) is 10.3. The molecule has 0 saturated heterocycles. The highest BCUT2D eigenvalue weighted by Gasteiger charge is 2.22. The molecule has 0 unspecified atom stereocenters. The van der Waals surface area contributed by atoms with Crippen LogP contribution in [0.4, 0.5) is 8.78 Å². The van der Waals surface area contributed by atoms with E-state index in [2.05, 4.69) is 25.1 Å². The summed E-state index contributed by atoms with van der Waals surface area (Å²) in [5, 5.41) is 0.0470. The summed E-state index contributed by atoms with van der Waals surface area (Å²) in [4.78, 5) is 0. The Morgan fingerprint density at radius 1 is 0.857 bits per heavy atom. The van der Waals surface area contributed by atoms with Crippen molar-refractivity contribution in [2.24, 2.45) is 0 Å². The second kappa shape index (κ2) is 8.05.